The number of rotatable bonds is 1. The molecule has 0 bridgehead atoms. The Hall–Kier alpha value is 0.540. The van der Waals surface area contributed by atoms with E-state index in [9.17, 15) is 0 Å². The minimum Gasteiger partial charge on any atom is -0.302 e. The number of nitrogens with zero attached hydrogens (tertiary/aromatic N) is 1. The Labute approximate surface area is 84.0 Å². The van der Waals surface area contributed by atoms with E-state index in [0.29, 0.717) is 23.8 Å². The summed E-state index contributed by atoms with van der Waals surface area (Å²) < 4.78 is -0.401. The zero-order chi connectivity index (χ0) is 9.09. The van der Waals surface area contributed by atoms with Gasteiger partial charge in [-0.3, -0.25) is 0 Å². The van der Waals surface area contributed by atoms with E-state index in [1.165, 1.54) is 0 Å². The molecule has 1 saturated carbocycles. The van der Waals surface area contributed by atoms with E-state index in [0.717, 1.165) is 6.54 Å². The maximum absolute atomic E-state index is 6.15. The van der Waals surface area contributed by atoms with Crippen molar-refractivity contribution in [3.63, 3.8) is 0 Å². The smallest absolute Gasteiger partial charge is 0.127 e. The molecule has 0 radical (unpaired) electrons. The molecule has 0 aromatic heterocycles. The van der Waals surface area contributed by atoms with Crippen LogP contribution in [0.5, 0.6) is 0 Å². The molecule has 0 spiro atoms. The van der Waals surface area contributed by atoms with Crippen LogP contribution in [0.2, 0.25) is 0 Å². The van der Waals surface area contributed by atoms with Crippen molar-refractivity contribution in [1.29, 1.82) is 0 Å². The lowest BCUT2D eigenvalue weighted by Crippen LogP contribution is -2.37. The number of likely N-dealkylation sites (tertiary alicyclic amines) is 1. The van der Waals surface area contributed by atoms with Gasteiger partial charge in [-0.1, -0.05) is 13.8 Å². The van der Waals surface area contributed by atoms with Gasteiger partial charge in [-0.05, 0) is 13.0 Å². The van der Waals surface area contributed by atoms with Crippen LogP contribution in [0.1, 0.15) is 13.8 Å². The van der Waals surface area contributed by atoms with Crippen molar-refractivity contribution >= 4 is 23.2 Å². The number of alkyl halides is 2. The molecule has 2 fully saturated rings. The minimum absolute atomic E-state index is 0.401. The quantitative estimate of drug-likeness (QED) is 0.598. The van der Waals surface area contributed by atoms with Crippen molar-refractivity contribution in [3.8, 4) is 0 Å². The standard InChI is InChI=1S/C9H15Cl2N/c1-5(2)8-7-6(4-12(8)3)9(7,10)11/h5-8H,4H2,1-3H3/t6?,7?,8-/m1/s1. The van der Waals surface area contributed by atoms with Crippen LogP contribution in [-0.4, -0.2) is 28.9 Å². The third-order valence-electron chi connectivity index (χ3n) is 3.31. The molecule has 2 rings (SSSR count). The highest BCUT2D eigenvalue weighted by atomic mass is 35.5. The molecule has 2 unspecified atom stereocenters. The predicted octanol–water partition coefficient (Wildman–Crippen LogP) is 2.38. The Morgan fingerprint density at radius 3 is 2.33 bits per heavy atom. The van der Waals surface area contributed by atoms with Gasteiger partial charge in [-0.2, -0.15) is 0 Å². The second-order valence-electron chi connectivity index (χ2n) is 4.48. The van der Waals surface area contributed by atoms with Crippen molar-refractivity contribution in [2.24, 2.45) is 17.8 Å². The molecule has 0 amide bonds. The van der Waals surface area contributed by atoms with Crippen molar-refractivity contribution < 1.29 is 0 Å². The number of halogens is 2. The van der Waals surface area contributed by atoms with E-state index in [4.69, 9.17) is 23.2 Å². The molecule has 0 aromatic carbocycles. The summed E-state index contributed by atoms with van der Waals surface area (Å²) in [6, 6.07) is 0.588. The number of hydrogen-bond acceptors (Lipinski definition) is 1. The SMILES string of the molecule is CC(C)[C@@H]1C2C(CN1C)C2(Cl)Cl. The average molecular weight is 208 g/mol. The summed E-state index contributed by atoms with van der Waals surface area (Å²) in [5, 5.41) is 0. The average Bonchev–Trinajstić information content (AvgIpc) is 2.40. The highest BCUT2D eigenvalue weighted by Crippen LogP contribution is 2.65. The van der Waals surface area contributed by atoms with Gasteiger partial charge in [0.05, 0.1) is 0 Å². The summed E-state index contributed by atoms with van der Waals surface area (Å²) in [7, 11) is 2.17. The highest BCUT2D eigenvalue weighted by molar-refractivity contribution is 6.51. The van der Waals surface area contributed by atoms with E-state index in [2.05, 4.69) is 25.8 Å². The van der Waals surface area contributed by atoms with Gasteiger partial charge in [0.15, 0.2) is 0 Å². The lowest BCUT2D eigenvalue weighted by molar-refractivity contribution is 0.211. The van der Waals surface area contributed by atoms with E-state index < -0.39 is 4.33 Å². The van der Waals surface area contributed by atoms with Crippen LogP contribution in [0, 0.1) is 17.8 Å². The number of fused-ring (bicyclic) bond motifs is 1. The zero-order valence-electron chi connectivity index (χ0n) is 7.72. The van der Waals surface area contributed by atoms with Crippen LogP contribution >= 0.6 is 23.2 Å². The third kappa shape index (κ3) is 1.03. The van der Waals surface area contributed by atoms with Crippen molar-refractivity contribution in [1.82, 2.24) is 4.90 Å². The predicted molar refractivity (Wildman–Crippen MR) is 52.7 cm³/mol. The van der Waals surface area contributed by atoms with E-state index in [1.807, 2.05) is 0 Å². The molecule has 3 atom stereocenters. The van der Waals surface area contributed by atoms with Gasteiger partial charge < -0.3 is 4.90 Å². The molecule has 0 aromatic rings. The van der Waals surface area contributed by atoms with Crippen LogP contribution in [0.3, 0.4) is 0 Å². The molecular formula is C9H15Cl2N. The van der Waals surface area contributed by atoms with Gasteiger partial charge in [-0.15, -0.1) is 23.2 Å². The summed E-state index contributed by atoms with van der Waals surface area (Å²) in [6.07, 6.45) is 0. The fraction of sp³-hybridized carbons (Fsp3) is 1.00. The highest BCUT2D eigenvalue weighted by Gasteiger charge is 2.70. The Kier molecular flexibility index (Phi) is 1.92. The van der Waals surface area contributed by atoms with Crippen molar-refractivity contribution in [2.45, 2.75) is 24.2 Å². The second kappa shape index (κ2) is 2.52. The van der Waals surface area contributed by atoms with Gasteiger partial charge in [-0.25, -0.2) is 0 Å². The molecule has 2 aliphatic rings. The molecule has 1 aliphatic carbocycles. The van der Waals surface area contributed by atoms with Crippen LogP contribution in [-0.2, 0) is 0 Å². The molecule has 1 saturated heterocycles. The molecule has 0 N–H and O–H groups in total. The molecule has 12 heavy (non-hydrogen) atoms. The topological polar surface area (TPSA) is 3.24 Å². The summed E-state index contributed by atoms with van der Waals surface area (Å²) in [6.45, 7) is 5.55. The first-order valence-corrected chi connectivity index (χ1v) is 5.30. The van der Waals surface area contributed by atoms with Gasteiger partial charge >= 0.3 is 0 Å². The Bertz CT molecular complexity index is 203. The second-order valence-corrected chi connectivity index (χ2v) is 5.93. The Morgan fingerprint density at radius 1 is 1.42 bits per heavy atom. The first-order valence-electron chi connectivity index (χ1n) is 4.54. The normalized spacial score (nSPS) is 45.0. The van der Waals surface area contributed by atoms with Crippen LogP contribution < -0.4 is 0 Å². The summed E-state index contributed by atoms with van der Waals surface area (Å²) in [5.41, 5.74) is 0. The fourth-order valence-corrected chi connectivity index (χ4v) is 3.59. The largest absolute Gasteiger partial charge is 0.302 e. The molecule has 70 valence electrons. The van der Waals surface area contributed by atoms with Crippen LogP contribution in [0.4, 0.5) is 0 Å². The lowest BCUT2D eigenvalue weighted by atomic mass is 10.00. The summed E-state index contributed by atoms with van der Waals surface area (Å²) >= 11 is 12.3. The maximum atomic E-state index is 6.15. The van der Waals surface area contributed by atoms with Crippen molar-refractivity contribution in [3.05, 3.63) is 0 Å². The first kappa shape index (κ1) is 9.11. The molecule has 3 heteroatoms. The number of piperidine rings is 1. The van der Waals surface area contributed by atoms with E-state index in [1.54, 1.807) is 0 Å². The Morgan fingerprint density at radius 2 is 2.00 bits per heavy atom. The van der Waals surface area contributed by atoms with Gasteiger partial charge in [0.25, 0.3) is 0 Å². The maximum Gasteiger partial charge on any atom is 0.127 e. The van der Waals surface area contributed by atoms with E-state index >= 15 is 0 Å². The third-order valence-corrected chi connectivity index (χ3v) is 4.37. The van der Waals surface area contributed by atoms with Gasteiger partial charge in [0, 0.05) is 24.4 Å². The summed E-state index contributed by atoms with van der Waals surface area (Å²) in [4.78, 5) is 2.39. The number of hydrogen-bond donors (Lipinski definition) is 0. The monoisotopic (exact) mass is 207 g/mol. The van der Waals surface area contributed by atoms with Crippen LogP contribution in [0.25, 0.3) is 0 Å². The van der Waals surface area contributed by atoms with E-state index in [-0.39, 0.29) is 0 Å². The molecule has 1 nitrogen and oxygen atoms in total. The lowest BCUT2D eigenvalue weighted by Gasteiger charge is -2.28. The zero-order valence-corrected chi connectivity index (χ0v) is 9.23. The molecule has 1 heterocycles. The van der Waals surface area contributed by atoms with Gasteiger partial charge in [0.2, 0.25) is 0 Å². The Balaban J connectivity index is 2.13. The molecular weight excluding hydrogens is 193 g/mol. The van der Waals surface area contributed by atoms with Gasteiger partial charge in [0.1, 0.15) is 4.33 Å². The first-order chi connectivity index (χ1) is 5.46. The molecule has 1 aliphatic heterocycles. The van der Waals surface area contributed by atoms with Crippen molar-refractivity contribution in [2.75, 3.05) is 13.6 Å². The minimum atomic E-state index is -0.401. The van der Waals surface area contributed by atoms with Crippen LogP contribution in [0.15, 0.2) is 0 Å². The summed E-state index contributed by atoms with van der Waals surface area (Å²) in [5.74, 6) is 1.70. The fourth-order valence-electron chi connectivity index (χ4n) is 2.75.